The first kappa shape index (κ1) is 8.55. The van der Waals surface area contributed by atoms with Gasteiger partial charge in [0.15, 0.2) is 0 Å². The van der Waals surface area contributed by atoms with Crippen LogP contribution in [0.1, 0.15) is 40.0 Å². The lowest BCUT2D eigenvalue weighted by atomic mass is 9.40. The highest BCUT2D eigenvalue weighted by Gasteiger charge is 2.60. The molecule has 3 atom stereocenters. The Hall–Kier alpha value is -0.0400. The van der Waals surface area contributed by atoms with Gasteiger partial charge >= 0.3 is 0 Å². The van der Waals surface area contributed by atoms with Crippen molar-refractivity contribution in [2.45, 2.75) is 46.1 Å². The molecule has 3 saturated carbocycles. The number of fused-ring (bicyclic) bond motifs is 2. The van der Waals surface area contributed by atoms with Crippen LogP contribution in [0.25, 0.3) is 0 Å². The average Bonchev–Trinajstić information content (AvgIpc) is 2.03. The van der Waals surface area contributed by atoms with Crippen molar-refractivity contribution in [1.82, 2.24) is 5.32 Å². The van der Waals surface area contributed by atoms with Gasteiger partial charge in [0.05, 0.1) is 0 Å². The molecule has 0 amide bonds. The average molecular weight is 167 g/mol. The minimum atomic E-state index is 0.611. The van der Waals surface area contributed by atoms with E-state index in [-0.39, 0.29) is 0 Å². The van der Waals surface area contributed by atoms with Crippen molar-refractivity contribution in [1.29, 1.82) is 0 Å². The largest absolute Gasteiger partial charge is 0.317 e. The quantitative estimate of drug-likeness (QED) is 0.632. The van der Waals surface area contributed by atoms with E-state index in [2.05, 4.69) is 33.1 Å². The minimum absolute atomic E-state index is 0.611. The Labute approximate surface area is 75.9 Å². The summed E-state index contributed by atoms with van der Waals surface area (Å²) in [4.78, 5) is 0. The Kier molecular flexibility index (Phi) is 1.61. The maximum atomic E-state index is 3.43. The van der Waals surface area contributed by atoms with Crippen molar-refractivity contribution in [3.8, 4) is 0 Å². The van der Waals surface area contributed by atoms with Crippen LogP contribution in [-0.4, -0.2) is 13.1 Å². The van der Waals surface area contributed by atoms with E-state index in [4.69, 9.17) is 0 Å². The summed E-state index contributed by atoms with van der Waals surface area (Å²) in [5, 5.41) is 3.43. The molecule has 3 aliphatic rings. The molecule has 0 radical (unpaired) electrons. The highest BCUT2D eigenvalue weighted by Crippen LogP contribution is 2.67. The van der Waals surface area contributed by atoms with Gasteiger partial charge in [0.25, 0.3) is 0 Å². The number of rotatable bonds is 1. The van der Waals surface area contributed by atoms with E-state index in [1.807, 2.05) is 0 Å². The second kappa shape index (κ2) is 2.25. The third-order valence-corrected chi connectivity index (χ3v) is 4.95. The summed E-state index contributed by atoms with van der Waals surface area (Å²) in [6.45, 7) is 7.37. The van der Waals surface area contributed by atoms with Crippen LogP contribution in [0.2, 0.25) is 0 Å². The van der Waals surface area contributed by atoms with Crippen LogP contribution < -0.4 is 5.32 Å². The van der Waals surface area contributed by atoms with Crippen LogP contribution in [0.3, 0.4) is 0 Å². The maximum absolute atomic E-state index is 3.43. The predicted octanol–water partition coefficient (Wildman–Crippen LogP) is 2.42. The van der Waals surface area contributed by atoms with E-state index >= 15 is 0 Å². The lowest BCUT2D eigenvalue weighted by molar-refractivity contribution is -0.157. The summed E-state index contributed by atoms with van der Waals surface area (Å²) in [5.74, 6) is 0.980. The second-order valence-corrected chi connectivity index (χ2v) is 5.61. The third kappa shape index (κ3) is 0.834. The zero-order chi connectivity index (χ0) is 8.98. The maximum Gasteiger partial charge on any atom is 0.00723 e. The molecule has 0 aromatic heterocycles. The highest BCUT2D eigenvalue weighted by molar-refractivity contribution is 5.11. The number of nitrogens with one attached hydrogen (secondary N) is 1. The molecule has 0 spiro atoms. The van der Waals surface area contributed by atoms with Crippen molar-refractivity contribution in [3.63, 3.8) is 0 Å². The van der Waals surface area contributed by atoms with Crippen molar-refractivity contribution >= 4 is 0 Å². The molecule has 3 rings (SSSR count). The van der Waals surface area contributed by atoms with E-state index in [0.717, 1.165) is 12.0 Å². The zero-order valence-electron chi connectivity index (χ0n) is 8.78. The molecule has 0 aromatic carbocycles. The molecule has 3 aliphatic carbocycles. The highest BCUT2D eigenvalue weighted by atomic mass is 14.9. The Morgan fingerprint density at radius 3 is 2.25 bits per heavy atom. The summed E-state index contributed by atoms with van der Waals surface area (Å²) in [6.07, 6.45) is 4.25. The standard InChI is InChI=1S/C11H21N/c1-10(2)8-5-9(12-4)7-11(10,3)6-8/h8-9,12H,5-7H2,1-4H3/t8?,9-,11-/m0/s1. The molecule has 1 N–H and O–H groups in total. The fraction of sp³-hybridized carbons (Fsp3) is 1.00. The lowest BCUT2D eigenvalue weighted by Crippen LogP contribution is -2.61. The van der Waals surface area contributed by atoms with E-state index in [0.29, 0.717) is 10.8 Å². The van der Waals surface area contributed by atoms with Gasteiger partial charge in [-0.25, -0.2) is 0 Å². The number of hydrogen-bond donors (Lipinski definition) is 1. The molecule has 0 aliphatic heterocycles. The summed E-state index contributed by atoms with van der Waals surface area (Å²) in [6, 6.07) is 0.793. The van der Waals surface area contributed by atoms with Gasteiger partial charge in [0.1, 0.15) is 0 Å². The second-order valence-electron chi connectivity index (χ2n) is 5.61. The zero-order valence-corrected chi connectivity index (χ0v) is 8.78. The number of hydrogen-bond acceptors (Lipinski definition) is 1. The van der Waals surface area contributed by atoms with Gasteiger partial charge in [-0.05, 0) is 43.1 Å². The van der Waals surface area contributed by atoms with Crippen molar-refractivity contribution in [2.75, 3.05) is 7.05 Å². The molecule has 1 unspecified atom stereocenters. The van der Waals surface area contributed by atoms with E-state index in [1.54, 1.807) is 0 Å². The normalized spacial score (nSPS) is 50.0. The van der Waals surface area contributed by atoms with Crippen LogP contribution in [0.15, 0.2) is 0 Å². The molecule has 2 bridgehead atoms. The third-order valence-electron chi connectivity index (χ3n) is 4.95. The molecule has 3 fully saturated rings. The fourth-order valence-electron chi connectivity index (χ4n) is 3.34. The molecule has 0 saturated heterocycles. The van der Waals surface area contributed by atoms with Gasteiger partial charge in [0, 0.05) is 6.04 Å². The van der Waals surface area contributed by atoms with Gasteiger partial charge < -0.3 is 5.32 Å². The first-order valence-corrected chi connectivity index (χ1v) is 5.17. The van der Waals surface area contributed by atoms with Gasteiger partial charge in [0.2, 0.25) is 0 Å². The van der Waals surface area contributed by atoms with Crippen molar-refractivity contribution in [2.24, 2.45) is 16.7 Å². The van der Waals surface area contributed by atoms with Crippen LogP contribution in [0.4, 0.5) is 0 Å². The predicted molar refractivity (Wildman–Crippen MR) is 52.1 cm³/mol. The molecule has 1 heteroatoms. The smallest absolute Gasteiger partial charge is 0.00723 e. The Morgan fingerprint density at radius 2 is 1.83 bits per heavy atom. The van der Waals surface area contributed by atoms with Gasteiger partial charge in [-0.2, -0.15) is 0 Å². The van der Waals surface area contributed by atoms with Crippen LogP contribution in [0, 0.1) is 16.7 Å². The van der Waals surface area contributed by atoms with E-state index in [1.165, 1.54) is 19.3 Å². The Bertz CT molecular complexity index is 197. The molecule has 0 heterocycles. The minimum Gasteiger partial charge on any atom is -0.317 e. The van der Waals surface area contributed by atoms with Crippen LogP contribution >= 0.6 is 0 Å². The molecule has 0 aromatic rings. The molecule has 1 nitrogen and oxygen atoms in total. The fourth-order valence-corrected chi connectivity index (χ4v) is 3.34. The van der Waals surface area contributed by atoms with E-state index < -0.39 is 0 Å². The Morgan fingerprint density at radius 1 is 1.17 bits per heavy atom. The summed E-state index contributed by atoms with van der Waals surface area (Å²) in [5.41, 5.74) is 1.24. The van der Waals surface area contributed by atoms with Crippen molar-refractivity contribution in [3.05, 3.63) is 0 Å². The summed E-state index contributed by atoms with van der Waals surface area (Å²) in [7, 11) is 2.10. The molecule has 12 heavy (non-hydrogen) atoms. The first-order chi connectivity index (χ1) is 5.49. The first-order valence-electron chi connectivity index (χ1n) is 5.17. The van der Waals surface area contributed by atoms with Gasteiger partial charge in [-0.1, -0.05) is 20.8 Å². The van der Waals surface area contributed by atoms with Crippen LogP contribution in [-0.2, 0) is 0 Å². The van der Waals surface area contributed by atoms with Gasteiger partial charge in [-0.15, -0.1) is 0 Å². The molecular weight excluding hydrogens is 146 g/mol. The Balaban J connectivity index is 2.14. The summed E-state index contributed by atoms with van der Waals surface area (Å²) >= 11 is 0. The topological polar surface area (TPSA) is 12.0 Å². The van der Waals surface area contributed by atoms with Crippen LogP contribution in [0.5, 0.6) is 0 Å². The SMILES string of the molecule is CN[C@H]1CC2C[C@@](C)(C1)C2(C)C. The molecule has 70 valence electrons. The van der Waals surface area contributed by atoms with Gasteiger partial charge in [-0.3, -0.25) is 0 Å². The molecular formula is C11H21N. The summed E-state index contributed by atoms with van der Waals surface area (Å²) < 4.78 is 0. The monoisotopic (exact) mass is 167 g/mol. The lowest BCUT2D eigenvalue weighted by Gasteiger charge is -2.66. The van der Waals surface area contributed by atoms with E-state index in [9.17, 15) is 0 Å². The van der Waals surface area contributed by atoms with Crippen molar-refractivity contribution < 1.29 is 0 Å².